The van der Waals surface area contributed by atoms with Crippen LogP contribution in [0.4, 0.5) is 0 Å². The molecule has 5 heteroatoms. The predicted molar refractivity (Wildman–Crippen MR) is 37.9 cm³/mol. The standard InChI is InChI=1S/C5H7BrN2O2/c1-3-5(6)4(2-9-7)10-8-3/h2,7H2,1H3. The number of aryl methyl sites for hydroxylation is 1. The van der Waals surface area contributed by atoms with Crippen molar-refractivity contribution in [2.24, 2.45) is 5.90 Å². The Hall–Kier alpha value is -0.390. The number of nitrogens with two attached hydrogens (primary N) is 1. The molecule has 0 atom stereocenters. The SMILES string of the molecule is Cc1noc(CON)c1Br. The second-order valence-electron chi connectivity index (χ2n) is 1.82. The molecule has 0 aromatic carbocycles. The number of halogens is 1. The third kappa shape index (κ3) is 1.36. The molecule has 0 radical (unpaired) electrons. The van der Waals surface area contributed by atoms with Crippen LogP contribution in [-0.4, -0.2) is 5.16 Å². The van der Waals surface area contributed by atoms with Gasteiger partial charge in [0.1, 0.15) is 6.61 Å². The summed E-state index contributed by atoms with van der Waals surface area (Å²) < 4.78 is 5.65. The van der Waals surface area contributed by atoms with Crippen LogP contribution in [-0.2, 0) is 11.4 Å². The minimum atomic E-state index is 0.238. The van der Waals surface area contributed by atoms with Crippen LogP contribution in [0.5, 0.6) is 0 Å². The molecule has 0 amide bonds. The largest absolute Gasteiger partial charge is 0.357 e. The highest BCUT2D eigenvalue weighted by atomic mass is 79.9. The van der Waals surface area contributed by atoms with E-state index in [0.717, 1.165) is 10.2 Å². The van der Waals surface area contributed by atoms with Crippen molar-refractivity contribution in [3.8, 4) is 0 Å². The summed E-state index contributed by atoms with van der Waals surface area (Å²) >= 11 is 3.26. The van der Waals surface area contributed by atoms with Gasteiger partial charge >= 0.3 is 0 Å². The molecular formula is C5H7BrN2O2. The van der Waals surface area contributed by atoms with Crippen molar-refractivity contribution in [1.29, 1.82) is 0 Å². The first-order valence-corrected chi connectivity index (χ1v) is 3.47. The second-order valence-corrected chi connectivity index (χ2v) is 2.61. The van der Waals surface area contributed by atoms with Gasteiger partial charge in [0, 0.05) is 0 Å². The zero-order chi connectivity index (χ0) is 7.56. The first-order valence-electron chi connectivity index (χ1n) is 2.68. The minimum absolute atomic E-state index is 0.238. The molecule has 1 rings (SSSR count). The number of aromatic nitrogens is 1. The molecule has 0 aliphatic heterocycles. The van der Waals surface area contributed by atoms with Gasteiger partial charge in [0.2, 0.25) is 0 Å². The summed E-state index contributed by atoms with van der Waals surface area (Å²) in [7, 11) is 0. The van der Waals surface area contributed by atoms with Gasteiger partial charge in [-0.3, -0.25) is 4.84 Å². The number of nitrogens with zero attached hydrogens (tertiary/aromatic N) is 1. The third-order valence-corrected chi connectivity index (χ3v) is 2.09. The van der Waals surface area contributed by atoms with E-state index in [0.29, 0.717) is 5.76 Å². The summed E-state index contributed by atoms with van der Waals surface area (Å²) in [6.07, 6.45) is 0. The molecule has 1 heterocycles. The van der Waals surface area contributed by atoms with Crippen LogP contribution in [0.15, 0.2) is 9.00 Å². The van der Waals surface area contributed by atoms with Crippen LogP contribution in [0, 0.1) is 6.92 Å². The van der Waals surface area contributed by atoms with E-state index in [4.69, 9.17) is 10.4 Å². The summed E-state index contributed by atoms with van der Waals surface area (Å²) in [5.74, 6) is 5.44. The Labute approximate surface area is 66.4 Å². The zero-order valence-corrected chi connectivity index (χ0v) is 7.01. The van der Waals surface area contributed by atoms with Crippen molar-refractivity contribution in [2.75, 3.05) is 0 Å². The van der Waals surface area contributed by atoms with Gasteiger partial charge in [-0.2, -0.15) is 0 Å². The van der Waals surface area contributed by atoms with Gasteiger partial charge in [-0.25, -0.2) is 5.90 Å². The van der Waals surface area contributed by atoms with Crippen LogP contribution in [0.25, 0.3) is 0 Å². The van der Waals surface area contributed by atoms with Crippen LogP contribution < -0.4 is 5.90 Å². The van der Waals surface area contributed by atoms with Gasteiger partial charge in [0.15, 0.2) is 5.76 Å². The average molecular weight is 207 g/mol. The van der Waals surface area contributed by atoms with Crippen molar-refractivity contribution in [1.82, 2.24) is 5.16 Å². The van der Waals surface area contributed by atoms with Crippen LogP contribution in [0.3, 0.4) is 0 Å². The van der Waals surface area contributed by atoms with Gasteiger partial charge < -0.3 is 4.52 Å². The normalized spacial score (nSPS) is 10.3. The Kier molecular flexibility index (Phi) is 2.42. The van der Waals surface area contributed by atoms with Crippen molar-refractivity contribution >= 4 is 15.9 Å². The van der Waals surface area contributed by atoms with E-state index >= 15 is 0 Å². The molecule has 2 N–H and O–H groups in total. The van der Waals surface area contributed by atoms with Crippen molar-refractivity contribution in [3.05, 3.63) is 15.9 Å². The van der Waals surface area contributed by atoms with Crippen molar-refractivity contribution in [2.45, 2.75) is 13.5 Å². The maximum atomic E-state index is 4.83. The van der Waals surface area contributed by atoms with Gasteiger partial charge in [0.25, 0.3) is 0 Å². The van der Waals surface area contributed by atoms with E-state index in [1.54, 1.807) is 0 Å². The molecule has 1 aromatic rings. The topological polar surface area (TPSA) is 61.3 Å². The number of rotatable bonds is 2. The molecule has 0 saturated carbocycles. The Morgan fingerprint density at radius 3 is 2.90 bits per heavy atom. The molecule has 0 aliphatic rings. The van der Waals surface area contributed by atoms with Crippen LogP contribution in [0.1, 0.15) is 11.5 Å². The second kappa shape index (κ2) is 3.14. The average Bonchev–Trinajstić information content (AvgIpc) is 2.20. The molecule has 56 valence electrons. The molecule has 0 aliphatic carbocycles. The summed E-state index contributed by atoms with van der Waals surface area (Å²) in [5.41, 5.74) is 0.798. The fourth-order valence-electron chi connectivity index (χ4n) is 0.571. The Morgan fingerprint density at radius 1 is 1.80 bits per heavy atom. The summed E-state index contributed by atoms with van der Waals surface area (Å²) in [6.45, 7) is 2.06. The first kappa shape index (κ1) is 7.71. The van der Waals surface area contributed by atoms with Gasteiger partial charge in [0.05, 0.1) is 10.2 Å². The molecule has 0 unspecified atom stereocenters. The lowest BCUT2D eigenvalue weighted by Gasteiger charge is -1.90. The fraction of sp³-hybridized carbons (Fsp3) is 0.400. The Balaban J connectivity index is 2.83. The van der Waals surface area contributed by atoms with Crippen LogP contribution >= 0.6 is 15.9 Å². The van der Waals surface area contributed by atoms with Gasteiger partial charge in [-0.05, 0) is 22.9 Å². The molecular weight excluding hydrogens is 200 g/mol. The Morgan fingerprint density at radius 2 is 2.50 bits per heavy atom. The Bertz CT molecular complexity index is 223. The van der Waals surface area contributed by atoms with E-state index in [1.807, 2.05) is 6.92 Å². The first-order chi connectivity index (χ1) is 4.75. The summed E-state index contributed by atoms with van der Waals surface area (Å²) in [6, 6.07) is 0. The lowest BCUT2D eigenvalue weighted by atomic mass is 10.4. The highest BCUT2D eigenvalue weighted by molar-refractivity contribution is 9.10. The highest BCUT2D eigenvalue weighted by Gasteiger charge is 2.08. The maximum absolute atomic E-state index is 4.83. The smallest absolute Gasteiger partial charge is 0.178 e. The summed E-state index contributed by atoms with van der Waals surface area (Å²) in [4.78, 5) is 4.36. The lowest BCUT2D eigenvalue weighted by Crippen LogP contribution is -1.97. The van der Waals surface area contributed by atoms with E-state index in [2.05, 4.69) is 25.9 Å². The lowest BCUT2D eigenvalue weighted by molar-refractivity contribution is 0.103. The van der Waals surface area contributed by atoms with E-state index < -0.39 is 0 Å². The molecule has 0 bridgehead atoms. The monoisotopic (exact) mass is 206 g/mol. The van der Waals surface area contributed by atoms with E-state index in [-0.39, 0.29) is 6.61 Å². The molecule has 10 heavy (non-hydrogen) atoms. The molecule has 0 spiro atoms. The minimum Gasteiger partial charge on any atom is -0.357 e. The molecule has 1 aromatic heterocycles. The highest BCUT2D eigenvalue weighted by Crippen LogP contribution is 2.20. The fourth-order valence-corrected chi connectivity index (χ4v) is 0.830. The number of hydrogen-bond acceptors (Lipinski definition) is 4. The maximum Gasteiger partial charge on any atom is 0.178 e. The molecule has 0 saturated heterocycles. The molecule has 4 nitrogen and oxygen atoms in total. The third-order valence-electron chi connectivity index (χ3n) is 1.07. The predicted octanol–water partition coefficient (Wildman–Crippen LogP) is 1.14. The summed E-state index contributed by atoms with van der Waals surface area (Å²) in [5, 5.41) is 3.68. The van der Waals surface area contributed by atoms with Gasteiger partial charge in [-0.1, -0.05) is 5.16 Å². The number of hydrogen-bond donors (Lipinski definition) is 1. The van der Waals surface area contributed by atoms with Gasteiger partial charge in [-0.15, -0.1) is 0 Å². The van der Waals surface area contributed by atoms with Crippen molar-refractivity contribution < 1.29 is 9.36 Å². The van der Waals surface area contributed by atoms with Crippen LogP contribution in [0.2, 0.25) is 0 Å². The zero-order valence-electron chi connectivity index (χ0n) is 5.43. The quantitative estimate of drug-likeness (QED) is 0.738. The van der Waals surface area contributed by atoms with E-state index in [9.17, 15) is 0 Å². The van der Waals surface area contributed by atoms with Crippen molar-refractivity contribution in [3.63, 3.8) is 0 Å². The molecule has 0 fully saturated rings. The van der Waals surface area contributed by atoms with E-state index in [1.165, 1.54) is 0 Å².